The van der Waals surface area contributed by atoms with E-state index in [9.17, 15) is 0 Å². The van der Waals surface area contributed by atoms with Crippen LogP contribution in [0.25, 0.3) is 0 Å². The molecule has 2 heteroatoms. The Balaban J connectivity index is 3.17. The molecule has 0 aliphatic heterocycles. The zero-order valence-corrected chi connectivity index (χ0v) is 8.16. The Morgan fingerprint density at radius 2 is 2.08 bits per heavy atom. The zero-order valence-electron chi connectivity index (χ0n) is 8.16. The van der Waals surface area contributed by atoms with E-state index in [2.05, 4.69) is 19.9 Å². The van der Waals surface area contributed by atoms with Gasteiger partial charge in [0.15, 0.2) is 0 Å². The topological polar surface area (TPSA) is 33.0 Å². The van der Waals surface area contributed by atoms with E-state index in [0.29, 0.717) is 11.5 Å². The third-order valence-electron chi connectivity index (χ3n) is 1.98. The third-order valence-corrected chi connectivity index (χ3v) is 1.98. The molecule has 0 unspecified atom stereocenters. The fraction of sp³-hybridized carbons (Fsp3) is 0.364. The molecule has 2 nitrogen and oxygen atoms in total. The molecule has 1 rings (SSSR count). The van der Waals surface area contributed by atoms with Crippen LogP contribution in [0.5, 0.6) is 5.75 Å². The number of rotatable bonds is 2. The highest BCUT2D eigenvalue weighted by Gasteiger charge is 2.07. The van der Waals surface area contributed by atoms with Crippen molar-refractivity contribution in [3.8, 4) is 11.8 Å². The predicted molar refractivity (Wildman–Crippen MR) is 51.8 cm³/mol. The minimum absolute atomic E-state index is 0.419. The van der Waals surface area contributed by atoms with Crippen molar-refractivity contribution in [2.24, 2.45) is 0 Å². The van der Waals surface area contributed by atoms with E-state index in [1.807, 2.05) is 12.1 Å². The van der Waals surface area contributed by atoms with Crippen LogP contribution in [0, 0.1) is 11.3 Å². The maximum Gasteiger partial charge on any atom is 0.123 e. The van der Waals surface area contributed by atoms with Gasteiger partial charge in [-0.1, -0.05) is 19.9 Å². The Morgan fingerprint density at radius 1 is 1.38 bits per heavy atom. The first-order valence-electron chi connectivity index (χ1n) is 4.27. The normalized spacial score (nSPS) is 9.77. The maximum absolute atomic E-state index is 8.68. The lowest BCUT2D eigenvalue weighted by molar-refractivity contribution is 0.407. The van der Waals surface area contributed by atoms with Gasteiger partial charge in [-0.3, -0.25) is 0 Å². The van der Waals surface area contributed by atoms with Crippen LogP contribution in [-0.4, -0.2) is 7.11 Å². The fourth-order valence-electron chi connectivity index (χ4n) is 1.26. The zero-order chi connectivity index (χ0) is 9.84. The van der Waals surface area contributed by atoms with Crippen molar-refractivity contribution in [1.29, 1.82) is 5.26 Å². The summed E-state index contributed by atoms with van der Waals surface area (Å²) in [5.74, 6) is 1.22. The Kier molecular flexibility index (Phi) is 2.92. The van der Waals surface area contributed by atoms with Crippen LogP contribution in [0.2, 0.25) is 0 Å². The molecule has 0 radical (unpaired) electrons. The van der Waals surface area contributed by atoms with Gasteiger partial charge in [0, 0.05) is 0 Å². The summed E-state index contributed by atoms with van der Waals surface area (Å²) >= 11 is 0. The van der Waals surface area contributed by atoms with Crippen LogP contribution in [0.4, 0.5) is 0 Å². The van der Waals surface area contributed by atoms with Crippen LogP contribution in [0.1, 0.15) is 30.9 Å². The maximum atomic E-state index is 8.68. The van der Waals surface area contributed by atoms with Crippen molar-refractivity contribution in [3.63, 3.8) is 0 Å². The molecule has 13 heavy (non-hydrogen) atoms. The smallest absolute Gasteiger partial charge is 0.123 e. The first kappa shape index (κ1) is 9.60. The summed E-state index contributed by atoms with van der Waals surface area (Å²) in [4.78, 5) is 0. The molecule has 0 bridgehead atoms. The van der Waals surface area contributed by atoms with E-state index in [1.165, 1.54) is 0 Å². The van der Waals surface area contributed by atoms with E-state index in [4.69, 9.17) is 10.00 Å². The fourth-order valence-corrected chi connectivity index (χ4v) is 1.26. The van der Waals surface area contributed by atoms with Crippen molar-refractivity contribution in [2.75, 3.05) is 7.11 Å². The molecule has 0 aromatic heterocycles. The quantitative estimate of drug-likeness (QED) is 0.692. The predicted octanol–water partition coefficient (Wildman–Crippen LogP) is 2.69. The summed E-state index contributed by atoms with van der Waals surface area (Å²) in [5.41, 5.74) is 1.78. The monoisotopic (exact) mass is 175 g/mol. The lowest BCUT2D eigenvalue weighted by atomic mass is 10.0. The summed E-state index contributed by atoms with van der Waals surface area (Å²) in [7, 11) is 1.63. The number of nitriles is 1. The molecule has 0 aliphatic carbocycles. The van der Waals surface area contributed by atoms with Gasteiger partial charge in [-0.25, -0.2) is 0 Å². The van der Waals surface area contributed by atoms with E-state index < -0.39 is 0 Å². The molecule has 0 saturated heterocycles. The molecule has 0 heterocycles. The van der Waals surface area contributed by atoms with Crippen LogP contribution < -0.4 is 4.74 Å². The summed E-state index contributed by atoms with van der Waals surface area (Å²) in [6, 6.07) is 7.62. The number of hydrogen-bond acceptors (Lipinski definition) is 2. The average molecular weight is 175 g/mol. The van der Waals surface area contributed by atoms with Crippen LogP contribution in [0.3, 0.4) is 0 Å². The SMILES string of the molecule is COc1cc(C#N)ccc1C(C)C. The summed E-state index contributed by atoms with van der Waals surface area (Å²) in [6.45, 7) is 4.20. The number of nitrogens with zero attached hydrogens (tertiary/aromatic N) is 1. The molecule has 68 valence electrons. The first-order chi connectivity index (χ1) is 6.19. The van der Waals surface area contributed by atoms with Gasteiger partial charge in [-0.15, -0.1) is 0 Å². The van der Waals surface area contributed by atoms with Gasteiger partial charge in [-0.2, -0.15) is 5.26 Å². The van der Waals surface area contributed by atoms with Crippen molar-refractivity contribution >= 4 is 0 Å². The third kappa shape index (κ3) is 2.00. The lowest BCUT2D eigenvalue weighted by Gasteiger charge is -2.11. The van der Waals surface area contributed by atoms with Crippen molar-refractivity contribution in [1.82, 2.24) is 0 Å². The standard InChI is InChI=1S/C11H13NO/c1-8(2)10-5-4-9(7-12)6-11(10)13-3/h4-6,8H,1-3H3. The lowest BCUT2D eigenvalue weighted by Crippen LogP contribution is -1.94. The highest BCUT2D eigenvalue weighted by Crippen LogP contribution is 2.26. The summed E-state index contributed by atoms with van der Waals surface area (Å²) in [6.07, 6.45) is 0. The molecule has 0 N–H and O–H groups in total. The van der Waals surface area contributed by atoms with Crippen LogP contribution in [0.15, 0.2) is 18.2 Å². The number of methoxy groups -OCH3 is 1. The van der Waals surface area contributed by atoms with E-state index in [0.717, 1.165) is 11.3 Å². The van der Waals surface area contributed by atoms with E-state index in [-0.39, 0.29) is 0 Å². The molecule has 0 aliphatic rings. The first-order valence-corrected chi connectivity index (χ1v) is 4.27. The van der Waals surface area contributed by atoms with Gasteiger partial charge < -0.3 is 4.74 Å². The van der Waals surface area contributed by atoms with Gasteiger partial charge in [0.05, 0.1) is 18.7 Å². The van der Waals surface area contributed by atoms with E-state index >= 15 is 0 Å². The summed E-state index contributed by atoms with van der Waals surface area (Å²) in [5, 5.41) is 8.68. The minimum Gasteiger partial charge on any atom is -0.496 e. The highest BCUT2D eigenvalue weighted by molar-refractivity contribution is 5.43. The number of benzene rings is 1. The van der Waals surface area contributed by atoms with Gasteiger partial charge in [0.2, 0.25) is 0 Å². The minimum atomic E-state index is 0.419. The molecule has 0 fully saturated rings. The summed E-state index contributed by atoms with van der Waals surface area (Å²) < 4.78 is 5.20. The van der Waals surface area contributed by atoms with Gasteiger partial charge >= 0.3 is 0 Å². The van der Waals surface area contributed by atoms with Gasteiger partial charge in [-0.05, 0) is 23.6 Å². The Labute approximate surface area is 78.8 Å². The van der Waals surface area contributed by atoms with Gasteiger partial charge in [0.1, 0.15) is 5.75 Å². The Hall–Kier alpha value is -1.49. The van der Waals surface area contributed by atoms with Crippen LogP contribution in [-0.2, 0) is 0 Å². The molecule has 0 atom stereocenters. The highest BCUT2D eigenvalue weighted by atomic mass is 16.5. The molecule has 1 aromatic rings. The van der Waals surface area contributed by atoms with Crippen LogP contribution >= 0.6 is 0 Å². The molecule has 0 saturated carbocycles. The second-order valence-electron chi connectivity index (χ2n) is 3.22. The number of ether oxygens (including phenoxy) is 1. The van der Waals surface area contributed by atoms with Crippen molar-refractivity contribution in [3.05, 3.63) is 29.3 Å². The second-order valence-corrected chi connectivity index (χ2v) is 3.22. The largest absolute Gasteiger partial charge is 0.496 e. The van der Waals surface area contributed by atoms with Crippen molar-refractivity contribution in [2.45, 2.75) is 19.8 Å². The van der Waals surface area contributed by atoms with Gasteiger partial charge in [0.25, 0.3) is 0 Å². The number of hydrogen-bond donors (Lipinski definition) is 0. The molecule has 0 amide bonds. The van der Waals surface area contributed by atoms with E-state index in [1.54, 1.807) is 13.2 Å². The molecule has 1 aromatic carbocycles. The molecular formula is C11H13NO. The molecular weight excluding hydrogens is 162 g/mol. The second kappa shape index (κ2) is 3.95. The van der Waals surface area contributed by atoms with Crippen molar-refractivity contribution < 1.29 is 4.74 Å². The Bertz CT molecular complexity index is 336. The Morgan fingerprint density at radius 3 is 2.54 bits per heavy atom. The average Bonchev–Trinajstić information content (AvgIpc) is 2.16. The molecule has 0 spiro atoms.